The smallest absolute Gasteiger partial charge is 0.404 e. The maximum Gasteiger partial charge on any atom is 0.418 e. The number of nitrogens with zero attached hydrogens (tertiary/aromatic N) is 2. The summed E-state index contributed by atoms with van der Waals surface area (Å²) in [5.41, 5.74) is 4.55. The Morgan fingerprint density at radius 1 is 1.14 bits per heavy atom. The largest absolute Gasteiger partial charge is 0.418 e. The predicted molar refractivity (Wildman–Crippen MR) is 136 cm³/mol. The zero-order valence-corrected chi connectivity index (χ0v) is 20.1. The number of carbonyl (C=O) groups excluding carboxylic acids is 2. The fourth-order valence-corrected chi connectivity index (χ4v) is 4.10. The Morgan fingerprint density at radius 3 is 2.49 bits per heavy atom. The van der Waals surface area contributed by atoms with Gasteiger partial charge in [-0.05, 0) is 37.1 Å². The van der Waals surface area contributed by atoms with Gasteiger partial charge in [0.1, 0.15) is 5.54 Å². The quantitative estimate of drug-likeness (QED) is 0.293. The molecular weight excluding hydrogens is 485 g/mol. The highest BCUT2D eigenvalue weighted by Gasteiger charge is 2.41. The van der Waals surface area contributed by atoms with Gasteiger partial charge in [0.25, 0.3) is 5.91 Å². The molecule has 0 spiro atoms. The van der Waals surface area contributed by atoms with Gasteiger partial charge in [0, 0.05) is 18.6 Å². The van der Waals surface area contributed by atoms with Crippen LogP contribution >= 0.6 is 0 Å². The number of amides is 2. The number of alkyl halides is 3. The summed E-state index contributed by atoms with van der Waals surface area (Å²) in [5.74, 6) is -0.862. The molecule has 1 aliphatic carbocycles. The van der Waals surface area contributed by atoms with Gasteiger partial charge in [-0.2, -0.15) is 13.2 Å². The topological polar surface area (TPSA) is 121 Å². The molecule has 2 amide bonds. The van der Waals surface area contributed by atoms with Gasteiger partial charge in [0.05, 0.1) is 40.9 Å². The monoisotopic (exact) mass is 514 g/mol. The molecule has 1 aliphatic rings. The molecule has 1 aromatic heterocycles. The Kier molecular flexibility index (Phi) is 9.05. The lowest BCUT2D eigenvalue weighted by Crippen LogP contribution is -2.60. The third-order valence-corrected chi connectivity index (χ3v) is 6.02. The summed E-state index contributed by atoms with van der Waals surface area (Å²) in [4.78, 5) is 34.0. The van der Waals surface area contributed by atoms with E-state index in [9.17, 15) is 22.8 Å². The molecule has 1 heterocycles. The number of hydrogen-bond acceptors (Lipinski definition) is 6. The first-order chi connectivity index (χ1) is 17.7. The summed E-state index contributed by atoms with van der Waals surface area (Å²) < 4.78 is 39.7. The van der Waals surface area contributed by atoms with Gasteiger partial charge in [-0.15, -0.1) is 0 Å². The van der Waals surface area contributed by atoms with E-state index >= 15 is 0 Å². The standard InChI is InChI=1S/C26H29F3N6O2/c1-2-31-15-18(14-30)23(36)35-25(12-6-3-7-13-25)24(37)33-16-19-10-11-20(17-32-19)34-22-9-5-4-8-21(22)26(27,28)29/h2,4-5,8-11,14-15,17,34H,1,3,6-7,12-13,16,30H2,(H,33,37)(H,35,36)/b18-14+,31-15?. The summed E-state index contributed by atoms with van der Waals surface area (Å²) >= 11 is 0. The normalized spacial score (nSPS) is 15.7. The van der Waals surface area contributed by atoms with Crippen LogP contribution in [0.25, 0.3) is 0 Å². The molecule has 11 heteroatoms. The number of carbonyl (C=O) groups is 2. The molecular formula is C26H29F3N6O2. The molecule has 0 atom stereocenters. The lowest BCUT2D eigenvalue weighted by atomic mass is 9.80. The Morgan fingerprint density at radius 2 is 1.86 bits per heavy atom. The number of aromatic nitrogens is 1. The van der Waals surface area contributed by atoms with E-state index in [4.69, 9.17) is 5.73 Å². The van der Waals surface area contributed by atoms with Crippen molar-refractivity contribution in [3.8, 4) is 0 Å². The van der Waals surface area contributed by atoms with Crippen molar-refractivity contribution in [1.82, 2.24) is 15.6 Å². The molecule has 1 saturated carbocycles. The minimum Gasteiger partial charge on any atom is -0.404 e. The van der Waals surface area contributed by atoms with Crippen molar-refractivity contribution in [3.05, 3.63) is 78.4 Å². The predicted octanol–water partition coefficient (Wildman–Crippen LogP) is 4.34. The van der Waals surface area contributed by atoms with Crippen LogP contribution in [0.5, 0.6) is 0 Å². The van der Waals surface area contributed by atoms with Crippen LogP contribution in [0.1, 0.15) is 43.4 Å². The summed E-state index contributed by atoms with van der Waals surface area (Å²) in [7, 11) is 0. The third kappa shape index (κ3) is 7.18. The third-order valence-electron chi connectivity index (χ3n) is 6.02. The van der Waals surface area contributed by atoms with Crippen molar-refractivity contribution >= 4 is 29.4 Å². The number of pyridine rings is 1. The van der Waals surface area contributed by atoms with E-state index in [1.54, 1.807) is 12.1 Å². The molecule has 3 rings (SSSR count). The van der Waals surface area contributed by atoms with Gasteiger partial charge >= 0.3 is 6.18 Å². The highest BCUT2D eigenvalue weighted by Crippen LogP contribution is 2.35. The number of para-hydroxylation sites is 1. The average molecular weight is 515 g/mol. The summed E-state index contributed by atoms with van der Waals surface area (Å²) in [6.07, 6.45) is 3.98. The number of benzene rings is 1. The highest BCUT2D eigenvalue weighted by atomic mass is 19.4. The number of halogens is 3. The SMILES string of the molecule is C=CN=C/C(=C\N)C(=O)NC1(C(=O)NCc2ccc(Nc3ccccc3C(F)(F)F)cn2)CCCCC1. The van der Waals surface area contributed by atoms with Gasteiger partial charge in [-0.25, -0.2) is 0 Å². The second-order valence-electron chi connectivity index (χ2n) is 8.57. The van der Waals surface area contributed by atoms with E-state index < -0.39 is 23.2 Å². The van der Waals surface area contributed by atoms with Crippen LogP contribution in [0.15, 0.2) is 72.1 Å². The maximum absolute atomic E-state index is 13.2. The van der Waals surface area contributed by atoms with Crippen LogP contribution in [0, 0.1) is 0 Å². The molecule has 1 fully saturated rings. The highest BCUT2D eigenvalue weighted by molar-refractivity contribution is 6.13. The number of hydrogen-bond donors (Lipinski definition) is 4. The van der Waals surface area contributed by atoms with Crippen LogP contribution in [0.2, 0.25) is 0 Å². The molecule has 0 unspecified atom stereocenters. The molecule has 0 radical (unpaired) electrons. The molecule has 196 valence electrons. The molecule has 1 aromatic carbocycles. The second kappa shape index (κ2) is 12.2. The van der Waals surface area contributed by atoms with Crippen molar-refractivity contribution in [2.24, 2.45) is 10.7 Å². The van der Waals surface area contributed by atoms with Crippen molar-refractivity contribution < 1.29 is 22.8 Å². The van der Waals surface area contributed by atoms with Gasteiger partial charge in [0.2, 0.25) is 5.91 Å². The van der Waals surface area contributed by atoms with E-state index in [0.29, 0.717) is 24.2 Å². The minimum atomic E-state index is -4.50. The van der Waals surface area contributed by atoms with Crippen molar-refractivity contribution in [1.29, 1.82) is 0 Å². The van der Waals surface area contributed by atoms with Crippen LogP contribution in [-0.2, 0) is 22.3 Å². The summed E-state index contributed by atoms with van der Waals surface area (Å²) in [6.45, 7) is 3.54. The first-order valence-electron chi connectivity index (χ1n) is 11.7. The second-order valence-corrected chi connectivity index (χ2v) is 8.57. The molecule has 0 saturated heterocycles. The minimum absolute atomic E-state index is 0.0768. The summed E-state index contributed by atoms with van der Waals surface area (Å²) in [6, 6.07) is 8.35. The maximum atomic E-state index is 13.2. The molecule has 2 aromatic rings. The first kappa shape index (κ1) is 27.4. The van der Waals surface area contributed by atoms with E-state index in [2.05, 4.69) is 32.5 Å². The van der Waals surface area contributed by atoms with Crippen LogP contribution in [0.3, 0.4) is 0 Å². The van der Waals surface area contributed by atoms with Crippen molar-refractivity contribution in [2.45, 2.75) is 50.4 Å². The van der Waals surface area contributed by atoms with E-state index in [0.717, 1.165) is 31.5 Å². The van der Waals surface area contributed by atoms with Crippen LogP contribution in [-0.4, -0.2) is 28.6 Å². The Hall–Kier alpha value is -4.15. The molecule has 37 heavy (non-hydrogen) atoms. The number of aliphatic imine (C=N–C) groups is 1. The van der Waals surface area contributed by atoms with Crippen LogP contribution < -0.4 is 21.7 Å². The van der Waals surface area contributed by atoms with Gasteiger partial charge in [-0.1, -0.05) is 38.0 Å². The lowest BCUT2D eigenvalue weighted by molar-refractivity contribution is -0.137. The van der Waals surface area contributed by atoms with E-state index in [1.807, 2.05) is 0 Å². The van der Waals surface area contributed by atoms with Crippen molar-refractivity contribution in [3.63, 3.8) is 0 Å². The zero-order chi connectivity index (χ0) is 26.9. The molecule has 0 aliphatic heterocycles. The Bertz CT molecular complexity index is 1170. The fraction of sp³-hybridized carbons (Fsp3) is 0.308. The molecule has 5 N–H and O–H groups in total. The number of anilines is 2. The Balaban J connectivity index is 1.66. The van der Waals surface area contributed by atoms with E-state index in [1.165, 1.54) is 36.8 Å². The number of nitrogens with two attached hydrogens (primary N) is 1. The van der Waals surface area contributed by atoms with Gasteiger partial charge < -0.3 is 21.7 Å². The Labute approximate surface area is 213 Å². The number of rotatable bonds is 9. The van der Waals surface area contributed by atoms with Crippen LogP contribution in [0.4, 0.5) is 24.5 Å². The van der Waals surface area contributed by atoms with Gasteiger partial charge in [-0.3, -0.25) is 19.6 Å². The molecule has 8 nitrogen and oxygen atoms in total. The van der Waals surface area contributed by atoms with E-state index in [-0.39, 0.29) is 23.7 Å². The van der Waals surface area contributed by atoms with Gasteiger partial charge in [0.15, 0.2) is 0 Å². The lowest BCUT2D eigenvalue weighted by Gasteiger charge is -2.36. The average Bonchev–Trinajstić information content (AvgIpc) is 2.88. The summed E-state index contributed by atoms with van der Waals surface area (Å²) in [5, 5.41) is 8.39. The molecule has 0 bridgehead atoms. The fourth-order valence-electron chi connectivity index (χ4n) is 4.10. The van der Waals surface area contributed by atoms with Crippen molar-refractivity contribution in [2.75, 3.05) is 5.32 Å². The number of nitrogens with one attached hydrogen (secondary N) is 3. The first-order valence-corrected chi connectivity index (χ1v) is 11.7. The zero-order valence-electron chi connectivity index (χ0n) is 20.1.